The van der Waals surface area contributed by atoms with Gasteiger partial charge in [-0.3, -0.25) is 4.79 Å². The number of hydrogen-bond donors (Lipinski definition) is 1. The van der Waals surface area contributed by atoms with Crippen LogP contribution in [-0.4, -0.2) is 33.0 Å². The zero-order chi connectivity index (χ0) is 31.6. The minimum absolute atomic E-state index is 0.102. The molecule has 2 heterocycles. The van der Waals surface area contributed by atoms with Crippen molar-refractivity contribution in [3.8, 4) is 11.6 Å². The number of thiazole rings is 1. The Morgan fingerprint density at radius 3 is 2.35 bits per heavy atom. The van der Waals surface area contributed by atoms with E-state index in [1.165, 1.54) is 22.4 Å². The van der Waals surface area contributed by atoms with Gasteiger partial charge in [-0.25, -0.2) is 19.2 Å². The van der Waals surface area contributed by atoms with Gasteiger partial charge in [0.05, 0.1) is 22.0 Å². The molecule has 0 unspecified atom stereocenters. The standard InChI is InChI=1S/C31H35F4N3O4S/c1-16(2)28-37-21(15-43-28)10-19-11-23(31(33,34)35)27(36-14-19)42-26-12-22(30(40)41)25(13-24(26)32)38(17(3)4)29(39)20-8-6-18(5)7-9-20/h11-18,20H,6-10H2,1-5H3,(H,40,41). The fourth-order valence-electron chi connectivity index (χ4n) is 5.21. The highest BCUT2D eigenvalue weighted by atomic mass is 32.1. The smallest absolute Gasteiger partial charge is 0.421 e. The molecular weight excluding hydrogens is 586 g/mol. The van der Waals surface area contributed by atoms with Crippen LogP contribution < -0.4 is 9.64 Å². The quantitative estimate of drug-likeness (QED) is 0.241. The molecule has 1 saturated carbocycles. The molecule has 0 atom stereocenters. The average molecular weight is 622 g/mol. The molecule has 1 aromatic carbocycles. The van der Waals surface area contributed by atoms with E-state index in [4.69, 9.17) is 4.74 Å². The predicted octanol–water partition coefficient (Wildman–Crippen LogP) is 8.47. The molecule has 0 spiro atoms. The van der Waals surface area contributed by atoms with Crippen molar-refractivity contribution in [2.45, 2.75) is 84.9 Å². The van der Waals surface area contributed by atoms with Crippen LogP contribution in [-0.2, 0) is 17.4 Å². The molecule has 0 radical (unpaired) electrons. The fourth-order valence-corrected chi connectivity index (χ4v) is 6.04. The molecule has 1 aliphatic carbocycles. The summed E-state index contributed by atoms with van der Waals surface area (Å²) >= 11 is 1.42. The van der Waals surface area contributed by atoms with Crippen LogP contribution >= 0.6 is 11.3 Å². The number of rotatable bonds is 9. The van der Waals surface area contributed by atoms with Crippen LogP contribution in [0.15, 0.2) is 29.8 Å². The number of anilines is 1. The van der Waals surface area contributed by atoms with Crippen molar-refractivity contribution in [3.05, 3.63) is 63.0 Å². The number of carbonyl (C=O) groups is 2. The Labute approximate surface area is 251 Å². The molecular formula is C31H35F4N3O4S. The molecule has 2 aromatic heterocycles. The molecule has 1 amide bonds. The van der Waals surface area contributed by atoms with Crippen molar-refractivity contribution in [1.82, 2.24) is 9.97 Å². The normalized spacial score (nSPS) is 17.4. The number of aromatic carboxylic acids is 1. The third-order valence-electron chi connectivity index (χ3n) is 7.53. The number of pyridine rings is 1. The Hall–Kier alpha value is -3.54. The lowest BCUT2D eigenvalue weighted by molar-refractivity contribution is -0.139. The van der Waals surface area contributed by atoms with Crippen molar-refractivity contribution in [1.29, 1.82) is 0 Å². The number of aromatic nitrogens is 2. The van der Waals surface area contributed by atoms with Crippen molar-refractivity contribution in [2.75, 3.05) is 4.90 Å². The summed E-state index contributed by atoms with van der Waals surface area (Å²) in [5.74, 6) is -4.28. The predicted molar refractivity (Wildman–Crippen MR) is 155 cm³/mol. The van der Waals surface area contributed by atoms with Crippen molar-refractivity contribution < 1.29 is 37.0 Å². The van der Waals surface area contributed by atoms with Crippen molar-refractivity contribution >= 4 is 28.9 Å². The number of ether oxygens (including phenoxy) is 1. The van der Waals surface area contributed by atoms with Gasteiger partial charge in [0, 0.05) is 48.0 Å². The molecule has 1 aliphatic rings. The molecule has 1 fully saturated rings. The maximum Gasteiger partial charge on any atom is 0.421 e. The van der Waals surface area contributed by atoms with Gasteiger partial charge in [-0.05, 0) is 57.1 Å². The third-order valence-corrected chi connectivity index (χ3v) is 8.72. The van der Waals surface area contributed by atoms with Crippen LogP contribution in [0.4, 0.5) is 23.2 Å². The highest BCUT2D eigenvalue weighted by Crippen LogP contribution is 2.40. The lowest BCUT2D eigenvalue weighted by Gasteiger charge is -2.34. The zero-order valence-corrected chi connectivity index (χ0v) is 25.5. The zero-order valence-electron chi connectivity index (χ0n) is 24.7. The molecule has 12 heteroatoms. The van der Waals surface area contributed by atoms with Crippen molar-refractivity contribution in [3.63, 3.8) is 0 Å². The number of carboxylic acid groups (broad SMARTS) is 1. The summed E-state index contributed by atoms with van der Waals surface area (Å²) in [6.07, 6.45) is -0.625. The van der Waals surface area contributed by atoms with Crippen molar-refractivity contribution in [2.24, 2.45) is 11.8 Å². The first-order valence-corrected chi connectivity index (χ1v) is 15.1. The van der Waals surface area contributed by atoms with E-state index >= 15 is 4.39 Å². The topological polar surface area (TPSA) is 92.6 Å². The Morgan fingerprint density at radius 1 is 1.12 bits per heavy atom. The fraction of sp³-hybridized carbons (Fsp3) is 0.484. The Kier molecular flexibility index (Phi) is 9.78. The third kappa shape index (κ3) is 7.52. The number of carboxylic acids is 1. The summed E-state index contributed by atoms with van der Waals surface area (Å²) < 4.78 is 63.0. The minimum atomic E-state index is -4.89. The Bertz CT molecular complexity index is 1480. The molecule has 4 rings (SSSR count). The SMILES string of the molecule is CC1CCC(C(=O)N(c2cc(F)c(Oc3ncc(Cc4csc(C(C)C)n4)cc3C(F)(F)F)cc2C(=O)O)C(C)C)CC1. The Balaban J connectivity index is 1.68. The molecule has 0 saturated heterocycles. The second kappa shape index (κ2) is 13.0. The van der Waals surface area contributed by atoms with Gasteiger partial charge in [-0.2, -0.15) is 13.2 Å². The maximum absolute atomic E-state index is 15.5. The number of halogens is 4. The summed E-state index contributed by atoms with van der Waals surface area (Å²) in [6, 6.07) is 2.00. The first-order chi connectivity index (χ1) is 20.1. The van der Waals surface area contributed by atoms with Crippen LogP contribution in [0.25, 0.3) is 0 Å². The molecule has 1 N–H and O–H groups in total. The average Bonchev–Trinajstić information content (AvgIpc) is 3.39. The van der Waals surface area contributed by atoms with Crippen LogP contribution in [0.2, 0.25) is 0 Å². The summed E-state index contributed by atoms with van der Waals surface area (Å²) in [5.41, 5.74) is -1.07. The van der Waals surface area contributed by atoms with Gasteiger partial charge in [-0.15, -0.1) is 11.3 Å². The highest BCUT2D eigenvalue weighted by Gasteiger charge is 2.37. The molecule has 0 bridgehead atoms. The van der Waals surface area contributed by atoms with E-state index in [9.17, 15) is 27.9 Å². The van der Waals surface area contributed by atoms with Crippen LogP contribution in [0.3, 0.4) is 0 Å². The van der Waals surface area contributed by atoms with Gasteiger partial charge in [-0.1, -0.05) is 20.8 Å². The summed E-state index contributed by atoms with van der Waals surface area (Å²) in [5, 5.41) is 12.6. The first-order valence-electron chi connectivity index (χ1n) is 14.2. The number of alkyl halides is 3. The molecule has 3 aromatic rings. The first kappa shape index (κ1) is 32.4. The van der Waals surface area contributed by atoms with E-state index < -0.39 is 46.8 Å². The van der Waals surface area contributed by atoms with Gasteiger partial charge >= 0.3 is 12.1 Å². The van der Waals surface area contributed by atoms with Gasteiger partial charge < -0.3 is 14.7 Å². The van der Waals surface area contributed by atoms with E-state index in [0.29, 0.717) is 24.5 Å². The van der Waals surface area contributed by atoms with Crippen LogP contribution in [0, 0.1) is 17.7 Å². The van der Waals surface area contributed by atoms with Crippen LogP contribution in [0.1, 0.15) is 98.4 Å². The van der Waals surface area contributed by atoms with E-state index in [0.717, 1.165) is 36.0 Å². The van der Waals surface area contributed by atoms with E-state index in [-0.39, 0.29) is 35.4 Å². The molecule has 43 heavy (non-hydrogen) atoms. The van der Waals surface area contributed by atoms with Gasteiger partial charge in [0.1, 0.15) is 5.56 Å². The maximum atomic E-state index is 15.5. The van der Waals surface area contributed by atoms with Crippen LogP contribution in [0.5, 0.6) is 11.6 Å². The Morgan fingerprint density at radius 2 is 1.79 bits per heavy atom. The largest absolute Gasteiger partial charge is 0.478 e. The summed E-state index contributed by atoms with van der Waals surface area (Å²) in [7, 11) is 0. The van der Waals surface area contributed by atoms with E-state index in [1.807, 2.05) is 13.8 Å². The van der Waals surface area contributed by atoms with Gasteiger partial charge in [0.2, 0.25) is 11.8 Å². The summed E-state index contributed by atoms with van der Waals surface area (Å²) in [6.45, 7) is 9.42. The number of carbonyl (C=O) groups excluding carboxylic acids is 1. The lowest BCUT2D eigenvalue weighted by Crippen LogP contribution is -2.43. The number of hydrogen-bond acceptors (Lipinski definition) is 6. The molecule has 232 valence electrons. The molecule has 7 nitrogen and oxygen atoms in total. The van der Waals surface area contributed by atoms with Gasteiger partial charge in [0.15, 0.2) is 11.6 Å². The number of benzene rings is 1. The monoisotopic (exact) mass is 621 g/mol. The lowest BCUT2D eigenvalue weighted by atomic mass is 9.82. The van der Waals surface area contributed by atoms with E-state index in [1.54, 1.807) is 19.2 Å². The minimum Gasteiger partial charge on any atom is -0.478 e. The van der Waals surface area contributed by atoms with Gasteiger partial charge in [0.25, 0.3) is 0 Å². The number of nitrogens with zero attached hydrogens (tertiary/aromatic N) is 3. The highest BCUT2D eigenvalue weighted by molar-refractivity contribution is 7.09. The second-order valence-corrected chi connectivity index (χ2v) is 12.6. The number of amides is 1. The van der Waals surface area contributed by atoms with E-state index in [2.05, 4.69) is 16.9 Å². The molecule has 0 aliphatic heterocycles. The second-order valence-electron chi connectivity index (χ2n) is 11.7. The summed E-state index contributed by atoms with van der Waals surface area (Å²) in [4.78, 5) is 35.3.